The van der Waals surface area contributed by atoms with Crippen LogP contribution in [0.25, 0.3) is 11.4 Å². The number of amides is 1. The summed E-state index contributed by atoms with van der Waals surface area (Å²) in [5.41, 5.74) is 3.98. The van der Waals surface area contributed by atoms with Crippen molar-refractivity contribution < 1.29 is 9.53 Å². The van der Waals surface area contributed by atoms with Crippen LogP contribution < -0.4 is 5.32 Å². The molecule has 0 saturated carbocycles. The number of thioether (sulfide) groups is 1. The molecule has 3 aromatic rings. The molecule has 0 bridgehead atoms. The third kappa shape index (κ3) is 4.79. The van der Waals surface area contributed by atoms with Gasteiger partial charge in [-0.05, 0) is 37.1 Å². The number of aryl methyl sites for hydroxylation is 1. The van der Waals surface area contributed by atoms with E-state index >= 15 is 0 Å². The predicted octanol–water partition coefficient (Wildman–Crippen LogP) is 4.15. The number of carbonyl (C=O) groups excluding carboxylic acids is 1. The molecule has 7 heteroatoms. The van der Waals surface area contributed by atoms with E-state index in [9.17, 15) is 4.79 Å². The van der Waals surface area contributed by atoms with Crippen molar-refractivity contribution in [1.29, 1.82) is 0 Å². The molecular weight excluding hydrogens is 372 g/mol. The van der Waals surface area contributed by atoms with Gasteiger partial charge in [-0.2, -0.15) is 0 Å². The van der Waals surface area contributed by atoms with E-state index in [-0.39, 0.29) is 11.7 Å². The zero-order valence-corrected chi connectivity index (χ0v) is 17.1. The first kappa shape index (κ1) is 20.1. The quantitative estimate of drug-likeness (QED) is 0.579. The topological polar surface area (TPSA) is 69.0 Å². The molecule has 28 heavy (non-hydrogen) atoms. The van der Waals surface area contributed by atoms with Crippen LogP contribution in [0.2, 0.25) is 0 Å². The number of anilines is 1. The number of hydrogen-bond acceptors (Lipinski definition) is 5. The Hall–Kier alpha value is -2.64. The van der Waals surface area contributed by atoms with Crippen molar-refractivity contribution in [1.82, 2.24) is 14.8 Å². The van der Waals surface area contributed by atoms with E-state index in [1.54, 1.807) is 7.11 Å². The van der Waals surface area contributed by atoms with E-state index in [0.717, 1.165) is 39.9 Å². The van der Waals surface area contributed by atoms with Gasteiger partial charge in [0.25, 0.3) is 0 Å². The SMILES string of the molecule is CCn1c(SCC(=O)Nc2cccc(COC)c2)nnc1-c1ccccc1C. The minimum atomic E-state index is -0.0809. The summed E-state index contributed by atoms with van der Waals surface area (Å²) in [6.07, 6.45) is 0. The van der Waals surface area contributed by atoms with E-state index in [2.05, 4.69) is 35.4 Å². The second kappa shape index (κ2) is 9.52. The maximum absolute atomic E-state index is 12.4. The molecule has 0 fully saturated rings. The molecule has 1 N–H and O–H groups in total. The van der Waals surface area contributed by atoms with E-state index < -0.39 is 0 Å². The zero-order chi connectivity index (χ0) is 19.9. The van der Waals surface area contributed by atoms with Crippen LogP contribution >= 0.6 is 11.8 Å². The van der Waals surface area contributed by atoms with Gasteiger partial charge >= 0.3 is 0 Å². The van der Waals surface area contributed by atoms with Crippen molar-refractivity contribution in [2.75, 3.05) is 18.2 Å². The number of nitrogens with zero attached hydrogens (tertiary/aromatic N) is 3. The van der Waals surface area contributed by atoms with Gasteiger partial charge in [0.05, 0.1) is 12.4 Å². The summed E-state index contributed by atoms with van der Waals surface area (Å²) < 4.78 is 7.17. The van der Waals surface area contributed by atoms with Crippen LogP contribution in [0.15, 0.2) is 53.7 Å². The fourth-order valence-corrected chi connectivity index (χ4v) is 3.74. The van der Waals surface area contributed by atoms with Gasteiger partial charge in [0.15, 0.2) is 11.0 Å². The van der Waals surface area contributed by atoms with Gasteiger partial charge in [-0.3, -0.25) is 4.79 Å². The van der Waals surface area contributed by atoms with Gasteiger partial charge in [-0.1, -0.05) is 48.2 Å². The Labute approximate surface area is 169 Å². The molecule has 0 aliphatic rings. The highest BCUT2D eigenvalue weighted by Gasteiger charge is 2.15. The molecule has 0 aliphatic carbocycles. The molecule has 0 radical (unpaired) electrons. The number of rotatable bonds is 8. The molecule has 0 spiro atoms. The number of aromatic nitrogens is 3. The Balaban J connectivity index is 1.67. The summed E-state index contributed by atoms with van der Waals surface area (Å²) in [5.74, 6) is 1.01. The Morgan fingerprint density at radius 1 is 1.18 bits per heavy atom. The highest BCUT2D eigenvalue weighted by Crippen LogP contribution is 2.26. The molecule has 1 aromatic heterocycles. The Kier molecular flexibility index (Phi) is 6.84. The number of benzene rings is 2. The fourth-order valence-electron chi connectivity index (χ4n) is 2.94. The van der Waals surface area contributed by atoms with Crippen molar-refractivity contribution in [3.05, 3.63) is 59.7 Å². The van der Waals surface area contributed by atoms with Crippen molar-refractivity contribution in [2.45, 2.75) is 32.2 Å². The van der Waals surface area contributed by atoms with Gasteiger partial charge in [0, 0.05) is 24.9 Å². The molecule has 2 aromatic carbocycles. The summed E-state index contributed by atoms with van der Waals surface area (Å²) in [4.78, 5) is 12.4. The van der Waals surface area contributed by atoms with Crippen LogP contribution in [0, 0.1) is 6.92 Å². The molecule has 0 saturated heterocycles. The van der Waals surface area contributed by atoms with Crippen molar-refractivity contribution in [3.63, 3.8) is 0 Å². The first-order valence-corrected chi connectivity index (χ1v) is 10.1. The zero-order valence-electron chi connectivity index (χ0n) is 16.3. The third-order valence-corrected chi connectivity index (χ3v) is 5.24. The summed E-state index contributed by atoms with van der Waals surface area (Å²) >= 11 is 1.39. The molecular formula is C21H24N4O2S. The molecule has 146 valence electrons. The van der Waals surface area contributed by atoms with Crippen LogP contribution in [-0.2, 0) is 22.7 Å². The first-order chi connectivity index (χ1) is 13.6. The third-order valence-electron chi connectivity index (χ3n) is 4.27. The van der Waals surface area contributed by atoms with Gasteiger partial charge < -0.3 is 14.6 Å². The Bertz CT molecular complexity index is 955. The molecule has 1 heterocycles. The molecule has 1 amide bonds. The number of hydrogen-bond donors (Lipinski definition) is 1. The number of carbonyl (C=O) groups is 1. The lowest BCUT2D eigenvalue weighted by Crippen LogP contribution is -2.14. The smallest absolute Gasteiger partial charge is 0.234 e. The van der Waals surface area contributed by atoms with Crippen molar-refractivity contribution in [3.8, 4) is 11.4 Å². The van der Waals surface area contributed by atoms with Crippen LogP contribution in [0.3, 0.4) is 0 Å². The summed E-state index contributed by atoms with van der Waals surface area (Å²) in [5, 5.41) is 12.3. The van der Waals surface area contributed by atoms with Gasteiger partial charge in [-0.25, -0.2) is 0 Å². The molecule has 0 aliphatic heterocycles. The summed E-state index contributed by atoms with van der Waals surface area (Å²) in [7, 11) is 1.65. The molecule has 6 nitrogen and oxygen atoms in total. The lowest BCUT2D eigenvalue weighted by atomic mass is 10.1. The summed E-state index contributed by atoms with van der Waals surface area (Å²) in [6.45, 7) is 5.36. The normalized spacial score (nSPS) is 10.8. The Morgan fingerprint density at radius 3 is 2.75 bits per heavy atom. The van der Waals surface area contributed by atoms with Crippen LogP contribution in [0.1, 0.15) is 18.1 Å². The Morgan fingerprint density at radius 2 is 2.00 bits per heavy atom. The van der Waals surface area contributed by atoms with Crippen molar-refractivity contribution in [2.24, 2.45) is 0 Å². The molecule has 0 unspecified atom stereocenters. The second-order valence-corrected chi connectivity index (χ2v) is 7.28. The maximum atomic E-state index is 12.4. The van der Waals surface area contributed by atoms with E-state index in [1.807, 2.05) is 47.0 Å². The minimum absolute atomic E-state index is 0.0809. The van der Waals surface area contributed by atoms with Crippen molar-refractivity contribution >= 4 is 23.4 Å². The first-order valence-electron chi connectivity index (χ1n) is 9.12. The van der Waals surface area contributed by atoms with Crippen LogP contribution in [-0.4, -0.2) is 33.5 Å². The standard InChI is InChI=1S/C21H24N4O2S/c1-4-25-20(18-11-6-5-8-15(18)2)23-24-21(25)28-14-19(26)22-17-10-7-9-16(12-17)13-27-3/h5-12H,4,13-14H2,1-3H3,(H,22,26). The second-order valence-electron chi connectivity index (χ2n) is 6.34. The van der Waals surface area contributed by atoms with E-state index in [4.69, 9.17) is 4.74 Å². The van der Waals surface area contributed by atoms with E-state index in [1.165, 1.54) is 11.8 Å². The van der Waals surface area contributed by atoms with Gasteiger partial charge in [0.2, 0.25) is 5.91 Å². The lowest BCUT2D eigenvalue weighted by Gasteiger charge is -2.09. The fraction of sp³-hybridized carbons (Fsp3) is 0.286. The monoisotopic (exact) mass is 396 g/mol. The molecule has 3 rings (SSSR count). The highest BCUT2D eigenvalue weighted by molar-refractivity contribution is 7.99. The number of ether oxygens (including phenoxy) is 1. The molecule has 0 atom stereocenters. The largest absolute Gasteiger partial charge is 0.380 e. The maximum Gasteiger partial charge on any atom is 0.234 e. The van der Waals surface area contributed by atoms with Crippen LogP contribution in [0.5, 0.6) is 0 Å². The summed E-state index contributed by atoms with van der Waals surface area (Å²) in [6, 6.07) is 15.7. The number of methoxy groups -OCH3 is 1. The van der Waals surface area contributed by atoms with Gasteiger partial charge in [-0.15, -0.1) is 10.2 Å². The highest BCUT2D eigenvalue weighted by atomic mass is 32.2. The minimum Gasteiger partial charge on any atom is -0.380 e. The average molecular weight is 397 g/mol. The van der Waals surface area contributed by atoms with Gasteiger partial charge in [0.1, 0.15) is 0 Å². The lowest BCUT2D eigenvalue weighted by molar-refractivity contribution is -0.113. The number of nitrogens with one attached hydrogen (secondary N) is 1. The van der Waals surface area contributed by atoms with E-state index in [0.29, 0.717) is 6.61 Å². The van der Waals surface area contributed by atoms with Crippen LogP contribution in [0.4, 0.5) is 5.69 Å². The average Bonchev–Trinajstić information content (AvgIpc) is 3.10. The predicted molar refractivity (Wildman–Crippen MR) is 112 cm³/mol.